The number of hydrogen-bond acceptors (Lipinski definition) is 4. The Morgan fingerprint density at radius 2 is 2.04 bits per heavy atom. The minimum Gasteiger partial charge on any atom is -0.496 e. The maximum atomic E-state index is 5.56. The first kappa shape index (κ1) is 22.4. The van der Waals surface area contributed by atoms with E-state index in [1.807, 2.05) is 12.1 Å². The van der Waals surface area contributed by atoms with Crippen molar-refractivity contribution in [3.05, 3.63) is 42.0 Å². The summed E-state index contributed by atoms with van der Waals surface area (Å²) >= 11 is 0. The molecule has 154 valence electrons. The Balaban J connectivity index is 0.00000280. The summed E-state index contributed by atoms with van der Waals surface area (Å²) in [5.74, 6) is 2.82. The smallest absolute Gasteiger partial charge is 0.191 e. The molecule has 0 atom stereocenters. The van der Waals surface area contributed by atoms with Crippen LogP contribution in [0.3, 0.4) is 0 Å². The molecule has 1 aliphatic carbocycles. The molecule has 1 aliphatic rings. The minimum absolute atomic E-state index is 0. The molecule has 0 saturated heterocycles. The molecule has 0 bridgehead atoms. The van der Waals surface area contributed by atoms with Crippen LogP contribution in [0.1, 0.15) is 38.1 Å². The van der Waals surface area contributed by atoms with Gasteiger partial charge in [0, 0.05) is 37.0 Å². The first-order chi connectivity index (χ1) is 13.2. The number of aromatic nitrogens is 3. The standard InChI is InChI=1S/C20H30N6O.HI/c1-4-18-25-24-15-26(18)13-12-22-19(21-5-2)23-14-20(10-11-20)16-8-6-7-9-17(16)27-3;/h6-9,15H,4-5,10-14H2,1-3H3,(H2,21,22,23);1H. The second-order valence-corrected chi connectivity index (χ2v) is 6.90. The van der Waals surface area contributed by atoms with Crippen LogP contribution in [0.25, 0.3) is 0 Å². The number of para-hydroxylation sites is 1. The predicted molar refractivity (Wildman–Crippen MR) is 123 cm³/mol. The van der Waals surface area contributed by atoms with Crippen LogP contribution in [0.2, 0.25) is 0 Å². The Kier molecular flexibility index (Phi) is 8.53. The zero-order valence-electron chi connectivity index (χ0n) is 16.9. The lowest BCUT2D eigenvalue weighted by molar-refractivity contribution is 0.404. The number of halogens is 1. The van der Waals surface area contributed by atoms with Crippen molar-refractivity contribution in [2.75, 3.05) is 26.7 Å². The van der Waals surface area contributed by atoms with Crippen molar-refractivity contribution in [2.24, 2.45) is 4.99 Å². The van der Waals surface area contributed by atoms with Crippen LogP contribution in [0.15, 0.2) is 35.6 Å². The maximum absolute atomic E-state index is 5.56. The van der Waals surface area contributed by atoms with Gasteiger partial charge in [-0.2, -0.15) is 0 Å². The number of rotatable bonds is 9. The van der Waals surface area contributed by atoms with Gasteiger partial charge < -0.3 is 19.9 Å². The largest absolute Gasteiger partial charge is 0.496 e. The summed E-state index contributed by atoms with van der Waals surface area (Å²) in [6, 6.07) is 8.30. The molecule has 2 aromatic rings. The Hall–Kier alpha value is -1.84. The minimum atomic E-state index is 0. The molecule has 0 spiro atoms. The van der Waals surface area contributed by atoms with E-state index in [0.29, 0.717) is 0 Å². The molecule has 0 unspecified atom stereocenters. The van der Waals surface area contributed by atoms with E-state index in [2.05, 4.69) is 51.4 Å². The molecule has 0 aliphatic heterocycles. The van der Waals surface area contributed by atoms with Crippen molar-refractivity contribution >= 4 is 29.9 Å². The third-order valence-corrected chi connectivity index (χ3v) is 5.07. The average molecular weight is 498 g/mol. The van der Waals surface area contributed by atoms with Gasteiger partial charge in [0.1, 0.15) is 17.9 Å². The first-order valence-electron chi connectivity index (χ1n) is 9.74. The van der Waals surface area contributed by atoms with E-state index in [-0.39, 0.29) is 29.4 Å². The maximum Gasteiger partial charge on any atom is 0.191 e. The molecule has 1 fully saturated rings. The molecule has 3 rings (SSSR count). The number of nitrogens with zero attached hydrogens (tertiary/aromatic N) is 4. The second-order valence-electron chi connectivity index (χ2n) is 6.90. The summed E-state index contributed by atoms with van der Waals surface area (Å²) < 4.78 is 7.64. The summed E-state index contributed by atoms with van der Waals surface area (Å²) in [6.45, 7) is 7.36. The molecule has 1 aromatic heterocycles. The fourth-order valence-corrected chi connectivity index (χ4v) is 3.35. The average Bonchev–Trinajstić information content (AvgIpc) is 3.36. The number of guanidine groups is 1. The van der Waals surface area contributed by atoms with Crippen LogP contribution < -0.4 is 15.4 Å². The van der Waals surface area contributed by atoms with Gasteiger partial charge in [0.2, 0.25) is 0 Å². The van der Waals surface area contributed by atoms with Crippen molar-refractivity contribution in [1.82, 2.24) is 25.4 Å². The first-order valence-corrected chi connectivity index (χ1v) is 9.74. The normalized spacial score (nSPS) is 14.9. The summed E-state index contributed by atoms with van der Waals surface area (Å²) in [6.07, 6.45) is 4.97. The Labute approximate surface area is 184 Å². The lowest BCUT2D eigenvalue weighted by atomic mass is 9.95. The number of aliphatic imine (C=N–C) groups is 1. The molecule has 0 radical (unpaired) electrons. The highest BCUT2D eigenvalue weighted by molar-refractivity contribution is 14.0. The van der Waals surface area contributed by atoms with E-state index >= 15 is 0 Å². The molecule has 1 saturated carbocycles. The molecule has 0 amide bonds. The molecule has 8 heteroatoms. The highest BCUT2D eigenvalue weighted by atomic mass is 127. The van der Waals surface area contributed by atoms with Gasteiger partial charge in [-0.1, -0.05) is 25.1 Å². The highest BCUT2D eigenvalue weighted by Gasteiger charge is 2.46. The summed E-state index contributed by atoms with van der Waals surface area (Å²) in [5, 5.41) is 14.9. The fourth-order valence-electron chi connectivity index (χ4n) is 3.35. The summed E-state index contributed by atoms with van der Waals surface area (Å²) in [4.78, 5) is 4.86. The third kappa shape index (κ3) is 5.36. The summed E-state index contributed by atoms with van der Waals surface area (Å²) in [7, 11) is 1.74. The van der Waals surface area contributed by atoms with E-state index in [9.17, 15) is 0 Å². The molecule has 1 heterocycles. The number of aryl methyl sites for hydroxylation is 1. The zero-order valence-corrected chi connectivity index (χ0v) is 19.3. The Bertz CT molecular complexity index is 772. The fraction of sp³-hybridized carbons (Fsp3) is 0.550. The van der Waals surface area contributed by atoms with Crippen LogP contribution in [0.5, 0.6) is 5.75 Å². The van der Waals surface area contributed by atoms with E-state index in [1.54, 1.807) is 13.4 Å². The lowest BCUT2D eigenvalue weighted by Crippen LogP contribution is -2.39. The van der Waals surface area contributed by atoms with Gasteiger partial charge in [0.25, 0.3) is 0 Å². The SMILES string of the molecule is CCNC(=NCC1(c2ccccc2OC)CC1)NCCn1cnnc1CC.I. The van der Waals surface area contributed by atoms with Crippen molar-refractivity contribution in [3.8, 4) is 5.75 Å². The van der Waals surface area contributed by atoms with E-state index in [4.69, 9.17) is 9.73 Å². The Morgan fingerprint density at radius 3 is 2.71 bits per heavy atom. The van der Waals surface area contributed by atoms with Gasteiger partial charge in [-0.25, -0.2) is 0 Å². The van der Waals surface area contributed by atoms with Crippen molar-refractivity contribution in [3.63, 3.8) is 0 Å². The highest BCUT2D eigenvalue weighted by Crippen LogP contribution is 2.51. The van der Waals surface area contributed by atoms with Crippen LogP contribution in [-0.4, -0.2) is 47.5 Å². The van der Waals surface area contributed by atoms with Gasteiger partial charge in [-0.3, -0.25) is 4.99 Å². The topological polar surface area (TPSA) is 76.4 Å². The molecule has 28 heavy (non-hydrogen) atoms. The van der Waals surface area contributed by atoms with Crippen LogP contribution in [0.4, 0.5) is 0 Å². The second kappa shape index (κ2) is 10.6. The van der Waals surface area contributed by atoms with Gasteiger partial charge in [-0.15, -0.1) is 34.2 Å². The molecule has 2 N–H and O–H groups in total. The van der Waals surface area contributed by atoms with Crippen molar-refractivity contribution in [1.29, 1.82) is 0 Å². The number of benzene rings is 1. The lowest BCUT2D eigenvalue weighted by Gasteiger charge is -2.18. The quantitative estimate of drug-likeness (QED) is 0.316. The number of ether oxygens (including phenoxy) is 1. The third-order valence-electron chi connectivity index (χ3n) is 5.07. The zero-order chi connectivity index (χ0) is 19.1. The van der Waals surface area contributed by atoms with E-state index in [0.717, 1.165) is 63.0 Å². The van der Waals surface area contributed by atoms with Crippen LogP contribution in [-0.2, 0) is 18.4 Å². The van der Waals surface area contributed by atoms with Crippen LogP contribution in [0, 0.1) is 0 Å². The van der Waals surface area contributed by atoms with Crippen molar-refractivity contribution < 1.29 is 4.74 Å². The van der Waals surface area contributed by atoms with E-state index < -0.39 is 0 Å². The summed E-state index contributed by atoms with van der Waals surface area (Å²) in [5.41, 5.74) is 1.38. The van der Waals surface area contributed by atoms with Gasteiger partial charge in [-0.05, 0) is 25.8 Å². The molecule has 1 aromatic carbocycles. The number of methoxy groups -OCH3 is 1. The molecular weight excluding hydrogens is 467 g/mol. The van der Waals surface area contributed by atoms with Crippen LogP contribution >= 0.6 is 24.0 Å². The monoisotopic (exact) mass is 498 g/mol. The predicted octanol–water partition coefficient (Wildman–Crippen LogP) is 2.75. The number of nitrogens with one attached hydrogen (secondary N) is 2. The van der Waals surface area contributed by atoms with E-state index in [1.165, 1.54) is 5.56 Å². The number of hydrogen-bond donors (Lipinski definition) is 2. The van der Waals surface area contributed by atoms with Gasteiger partial charge >= 0.3 is 0 Å². The van der Waals surface area contributed by atoms with Gasteiger partial charge in [0.05, 0.1) is 13.7 Å². The molecule has 7 nitrogen and oxygen atoms in total. The molecular formula is C20H31IN6O. The Morgan fingerprint density at radius 1 is 1.25 bits per heavy atom. The van der Waals surface area contributed by atoms with Gasteiger partial charge in [0.15, 0.2) is 5.96 Å². The van der Waals surface area contributed by atoms with Crippen molar-refractivity contribution in [2.45, 2.75) is 45.1 Å².